The molecule has 0 N–H and O–H groups in total. The molecule has 0 atom stereocenters. The molecule has 0 radical (unpaired) electrons. The number of furan rings is 1. The van der Waals surface area contributed by atoms with Crippen LogP contribution in [0.3, 0.4) is 0 Å². The number of halogens is 1. The number of aryl methyl sites for hydroxylation is 1. The van der Waals surface area contributed by atoms with Crippen molar-refractivity contribution in [1.82, 2.24) is 0 Å². The van der Waals surface area contributed by atoms with Gasteiger partial charge in [0.1, 0.15) is 11.5 Å². The fourth-order valence-electron chi connectivity index (χ4n) is 0.985. The van der Waals surface area contributed by atoms with Gasteiger partial charge in [-0.3, -0.25) is 0 Å². The second kappa shape index (κ2) is 4.15. The van der Waals surface area contributed by atoms with Crippen LogP contribution in [0.25, 0.3) is 5.03 Å². The van der Waals surface area contributed by atoms with Crippen LogP contribution in [0.5, 0.6) is 0 Å². The number of nitriles is 1. The lowest BCUT2D eigenvalue weighted by Gasteiger charge is -1.96. The fourth-order valence-corrected chi connectivity index (χ4v) is 1.26. The molecule has 0 amide bonds. The molecule has 0 unspecified atom stereocenters. The number of hydrogen-bond donors (Lipinski definition) is 0. The smallest absolute Gasteiger partial charge is 0.146 e. The summed E-state index contributed by atoms with van der Waals surface area (Å²) in [6.07, 6.45) is 0.620. The van der Waals surface area contributed by atoms with Crippen LogP contribution in [-0.2, 0) is 0 Å². The van der Waals surface area contributed by atoms with Crippen LogP contribution in [0.4, 0.5) is 0 Å². The molecule has 0 aliphatic heterocycles. The Kier molecular flexibility index (Phi) is 3.16. The van der Waals surface area contributed by atoms with E-state index in [1.807, 2.05) is 26.0 Å². The molecule has 0 aromatic carbocycles. The van der Waals surface area contributed by atoms with Crippen LogP contribution < -0.4 is 0 Å². The molecule has 0 fully saturated rings. The molecule has 1 heterocycles. The molecule has 0 bridgehead atoms. The van der Waals surface area contributed by atoms with E-state index in [-0.39, 0.29) is 0 Å². The zero-order valence-corrected chi connectivity index (χ0v) is 8.35. The maximum absolute atomic E-state index is 8.73. The Morgan fingerprint density at radius 2 is 2.31 bits per heavy atom. The maximum Gasteiger partial charge on any atom is 0.146 e. The number of allylic oxidation sites excluding steroid dienone is 1. The summed E-state index contributed by atoms with van der Waals surface area (Å²) in [5.74, 6) is 1.36. The first kappa shape index (κ1) is 9.88. The Balaban J connectivity index is 3.09. The van der Waals surface area contributed by atoms with Crippen molar-refractivity contribution in [2.45, 2.75) is 20.3 Å². The quantitative estimate of drug-likeness (QED) is 0.678. The molecular weight excluding hydrogens is 186 g/mol. The van der Waals surface area contributed by atoms with Gasteiger partial charge in [-0.1, -0.05) is 18.5 Å². The Bertz CT molecular complexity index is 371. The molecule has 3 heteroatoms. The average molecular weight is 196 g/mol. The van der Waals surface area contributed by atoms with E-state index in [1.54, 1.807) is 6.07 Å². The van der Waals surface area contributed by atoms with E-state index >= 15 is 0 Å². The molecule has 1 rings (SSSR count). The highest BCUT2D eigenvalue weighted by Gasteiger charge is 2.08. The number of nitrogens with zero attached hydrogens (tertiary/aromatic N) is 1. The van der Waals surface area contributed by atoms with Gasteiger partial charge in [-0.15, -0.1) is 0 Å². The topological polar surface area (TPSA) is 36.9 Å². The molecule has 13 heavy (non-hydrogen) atoms. The molecule has 2 nitrogen and oxygen atoms in total. The third-order valence-corrected chi connectivity index (χ3v) is 2.12. The van der Waals surface area contributed by atoms with Crippen molar-refractivity contribution in [2.24, 2.45) is 0 Å². The Morgan fingerprint density at radius 3 is 2.69 bits per heavy atom. The van der Waals surface area contributed by atoms with Crippen LogP contribution in [0.2, 0.25) is 0 Å². The minimum absolute atomic E-state index is 0.415. The molecule has 0 saturated carbocycles. The Morgan fingerprint density at radius 1 is 1.62 bits per heavy atom. The summed E-state index contributed by atoms with van der Waals surface area (Å²) < 4.78 is 5.29. The zero-order valence-electron chi connectivity index (χ0n) is 7.60. The van der Waals surface area contributed by atoms with E-state index in [9.17, 15) is 0 Å². The van der Waals surface area contributed by atoms with Crippen molar-refractivity contribution in [2.75, 3.05) is 0 Å². The first-order valence-corrected chi connectivity index (χ1v) is 4.42. The van der Waals surface area contributed by atoms with Gasteiger partial charge in [0.25, 0.3) is 0 Å². The van der Waals surface area contributed by atoms with Crippen molar-refractivity contribution in [3.63, 3.8) is 0 Å². The van der Waals surface area contributed by atoms with Gasteiger partial charge in [-0.25, -0.2) is 0 Å². The average Bonchev–Trinajstić information content (AvgIpc) is 2.54. The van der Waals surface area contributed by atoms with E-state index in [2.05, 4.69) is 0 Å². The van der Waals surface area contributed by atoms with Crippen LogP contribution >= 0.6 is 11.6 Å². The molecule has 0 saturated heterocycles. The second-order valence-electron chi connectivity index (χ2n) is 2.67. The number of hydrogen-bond acceptors (Lipinski definition) is 2. The minimum Gasteiger partial charge on any atom is -0.460 e. The molecule has 68 valence electrons. The summed E-state index contributed by atoms with van der Waals surface area (Å²) in [5, 5.41) is 9.15. The Hall–Kier alpha value is -1.20. The van der Waals surface area contributed by atoms with Crippen LogP contribution in [-0.4, -0.2) is 0 Å². The van der Waals surface area contributed by atoms with Crippen LogP contribution in [0, 0.1) is 18.3 Å². The summed E-state index contributed by atoms with van der Waals surface area (Å²) >= 11 is 5.95. The summed E-state index contributed by atoms with van der Waals surface area (Å²) in [7, 11) is 0. The van der Waals surface area contributed by atoms with Crippen molar-refractivity contribution >= 4 is 16.6 Å². The molecule has 0 aliphatic carbocycles. The zero-order chi connectivity index (χ0) is 9.84. The van der Waals surface area contributed by atoms with Gasteiger partial charge in [0.2, 0.25) is 0 Å². The highest BCUT2D eigenvalue weighted by atomic mass is 35.5. The molecule has 1 aromatic rings. The van der Waals surface area contributed by atoms with E-state index < -0.39 is 0 Å². The second-order valence-corrected chi connectivity index (χ2v) is 3.05. The lowest BCUT2D eigenvalue weighted by molar-refractivity contribution is 0.523. The van der Waals surface area contributed by atoms with Gasteiger partial charge >= 0.3 is 0 Å². The third-order valence-electron chi connectivity index (χ3n) is 1.71. The third kappa shape index (κ3) is 2.13. The van der Waals surface area contributed by atoms with E-state index in [0.717, 1.165) is 5.76 Å². The predicted molar refractivity (Wildman–Crippen MR) is 52.1 cm³/mol. The highest BCUT2D eigenvalue weighted by Crippen LogP contribution is 2.25. The normalized spacial score (nSPS) is 12.2. The summed E-state index contributed by atoms with van der Waals surface area (Å²) in [6.45, 7) is 3.72. The van der Waals surface area contributed by atoms with Gasteiger partial charge in [0.15, 0.2) is 0 Å². The summed E-state index contributed by atoms with van der Waals surface area (Å²) in [4.78, 5) is 0. The Labute approximate surface area is 82.4 Å². The predicted octanol–water partition coefficient (Wildman–Crippen LogP) is 3.47. The van der Waals surface area contributed by atoms with Crippen LogP contribution in [0.1, 0.15) is 24.9 Å². The fraction of sp³-hybridized carbons (Fsp3) is 0.300. The monoisotopic (exact) mass is 195 g/mol. The highest BCUT2D eigenvalue weighted by molar-refractivity contribution is 6.49. The maximum atomic E-state index is 8.73. The van der Waals surface area contributed by atoms with Crippen molar-refractivity contribution in [3.05, 3.63) is 29.2 Å². The number of rotatable bonds is 2. The van der Waals surface area contributed by atoms with Gasteiger partial charge in [0.05, 0.1) is 16.7 Å². The summed E-state index contributed by atoms with van der Waals surface area (Å²) in [6, 6.07) is 5.64. The van der Waals surface area contributed by atoms with Gasteiger partial charge < -0.3 is 4.42 Å². The first-order valence-electron chi connectivity index (χ1n) is 4.04. The first-order chi connectivity index (χ1) is 6.19. The van der Waals surface area contributed by atoms with Crippen molar-refractivity contribution in [3.8, 4) is 6.07 Å². The van der Waals surface area contributed by atoms with Crippen LogP contribution in [0.15, 0.2) is 22.1 Å². The van der Waals surface area contributed by atoms with Gasteiger partial charge in [0, 0.05) is 0 Å². The van der Waals surface area contributed by atoms with Gasteiger partial charge in [-0.05, 0) is 25.5 Å². The van der Waals surface area contributed by atoms with Crippen molar-refractivity contribution in [1.29, 1.82) is 5.26 Å². The molecule has 1 aromatic heterocycles. The molecule has 0 spiro atoms. The van der Waals surface area contributed by atoms with Gasteiger partial charge in [-0.2, -0.15) is 5.26 Å². The largest absolute Gasteiger partial charge is 0.460 e. The summed E-state index contributed by atoms with van der Waals surface area (Å²) in [5.41, 5.74) is 0.552. The molecule has 0 aliphatic rings. The SMILES string of the molecule is CC/C(C#N)=C(/Cl)c1ccc(C)o1. The lowest BCUT2D eigenvalue weighted by Crippen LogP contribution is -1.80. The molecular formula is C10H10ClNO. The van der Waals surface area contributed by atoms with E-state index in [0.29, 0.717) is 22.8 Å². The minimum atomic E-state index is 0.415. The lowest BCUT2D eigenvalue weighted by atomic mass is 10.2. The standard InChI is InChI=1S/C10H10ClNO/c1-3-8(6-12)10(11)9-5-4-7(2)13-9/h4-5H,3H2,1-2H3/b10-8-. The van der Waals surface area contributed by atoms with E-state index in [1.165, 1.54) is 0 Å². The van der Waals surface area contributed by atoms with Crippen molar-refractivity contribution < 1.29 is 4.42 Å². The van der Waals surface area contributed by atoms with E-state index in [4.69, 9.17) is 21.3 Å².